The largest absolute Gasteiger partial charge is 0.314 e. The van der Waals surface area contributed by atoms with Crippen molar-refractivity contribution in [2.24, 2.45) is 0 Å². The van der Waals surface area contributed by atoms with Crippen molar-refractivity contribution in [1.29, 1.82) is 5.26 Å². The average molecular weight is 293 g/mol. The van der Waals surface area contributed by atoms with E-state index < -0.39 is 10.0 Å². The van der Waals surface area contributed by atoms with Crippen LogP contribution in [-0.4, -0.2) is 27.5 Å². The lowest BCUT2D eigenvalue weighted by atomic mass is 10.1. The van der Waals surface area contributed by atoms with E-state index in [1.54, 1.807) is 13.0 Å². The van der Waals surface area contributed by atoms with E-state index in [-0.39, 0.29) is 4.90 Å². The molecule has 0 spiro atoms. The Labute approximate surface area is 120 Å². The van der Waals surface area contributed by atoms with E-state index in [9.17, 15) is 8.42 Å². The molecule has 0 radical (unpaired) electrons. The third-order valence-corrected chi connectivity index (χ3v) is 5.03. The molecular formula is C14H19N3O2S. The summed E-state index contributed by atoms with van der Waals surface area (Å²) in [5.74, 6) is 0. The minimum absolute atomic E-state index is 0.216. The number of hydrogen-bond donors (Lipinski definition) is 2. The molecule has 0 saturated carbocycles. The van der Waals surface area contributed by atoms with Crippen LogP contribution in [0.2, 0.25) is 0 Å². The maximum atomic E-state index is 12.1. The van der Waals surface area contributed by atoms with Gasteiger partial charge in [0.2, 0.25) is 10.0 Å². The van der Waals surface area contributed by atoms with Gasteiger partial charge in [-0.3, -0.25) is 0 Å². The lowest BCUT2D eigenvalue weighted by molar-refractivity contribution is 0.539. The van der Waals surface area contributed by atoms with Gasteiger partial charge in [-0.05, 0) is 56.5 Å². The van der Waals surface area contributed by atoms with E-state index in [2.05, 4.69) is 10.0 Å². The van der Waals surface area contributed by atoms with E-state index >= 15 is 0 Å². The predicted molar refractivity (Wildman–Crippen MR) is 76.7 cm³/mol. The van der Waals surface area contributed by atoms with Gasteiger partial charge in [-0.15, -0.1) is 0 Å². The first-order valence-corrected chi connectivity index (χ1v) is 8.25. The number of benzene rings is 1. The lowest BCUT2D eigenvalue weighted by Crippen LogP contribution is -2.30. The van der Waals surface area contributed by atoms with Crippen molar-refractivity contribution in [3.05, 3.63) is 29.3 Å². The summed E-state index contributed by atoms with van der Waals surface area (Å²) in [7, 11) is -3.49. The highest BCUT2D eigenvalue weighted by atomic mass is 32.2. The van der Waals surface area contributed by atoms with Crippen molar-refractivity contribution < 1.29 is 8.42 Å². The summed E-state index contributed by atoms with van der Waals surface area (Å²) in [5.41, 5.74) is 1.17. The van der Waals surface area contributed by atoms with Crippen molar-refractivity contribution >= 4 is 10.0 Å². The van der Waals surface area contributed by atoms with Crippen molar-refractivity contribution in [2.75, 3.05) is 13.1 Å². The van der Waals surface area contributed by atoms with E-state index in [1.165, 1.54) is 12.1 Å². The molecule has 0 bridgehead atoms. The zero-order valence-electron chi connectivity index (χ0n) is 11.5. The Hall–Kier alpha value is -1.42. The molecule has 0 aromatic heterocycles. The number of hydrogen-bond acceptors (Lipinski definition) is 4. The maximum Gasteiger partial charge on any atom is 0.240 e. The van der Waals surface area contributed by atoms with Crippen LogP contribution in [-0.2, 0) is 10.0 Å². The molecule has 1 atom stereocenters. The molecule has 1 fully saturated rings. The normalized spacial score (nSPS) is 18.9. The Morgan fingerprint density at radius 3 is 2.90 bits per heavy atom. The molecule has 1 heterocycles. The molecule has 1 aliphatic rings. The van der Waals surface area contributed by atoms with Crippen LogP contribution >= 0.6 is 0 Å². The summed E-state index contributed by atoms with van der Waals surface area (Å²) >= 11 is 0. The Kier molecular flexibility index (Phi) is 4.76. The number of aryl methyl sites for hydroxylation is 1. The number of nitriles is 1. The minimum Gasteiger partial charge on any atom is -0.314 e. The van der Waals surface area contributed by atoms with Crippen LogP contribution in [0.25, 0.3) is 0 Å². The van der Waals surface area contributed by atoms with Crippen LogP contribution in [0.3, 0.4) is 0 Å². The molecule has 1 aromatic carbocycles. The van der Waals surface area contributed by atoms with Crippen molar-refractivity contribution in [1.82, 2.24) is 10.0 Å². The fourth-order valence-electron chi connectivity index (χ4n) is 2.38. The molecule has 108 valence electrons. The van der Waals surface area contributed by atoms with Gasteiger partial charge < -0.3 is 5.32 Å². The van der Waals surface area contributed by atoms with Gasteiger partial charge in [0, 0.05) is 12.6 Å². The number of nitrogens with zero attached hydrogens (tertiary/aromatic N) is 1. The van der Waals surface area contributed by atoms with Gasteiger partial charge in [0.1, 0.15) is 0 Å². The molecule has 0 amide bonds. The molecule has 20 heavy (non-hydrogen) atoms. The molecule has 0 aliphatic carbocycles. The minimum atomic E-state index is -3.49. The zero-order chi connectivity index (χ0) is 14.6. The van der Waals surface area contributed by atoms with E-state index in [1.807, 2.05) is 6.07 Å². The van der Waals surface area contributed by atoms with Crippen molar-refractivity contribution in [3.8, 4) is 6.07 Å². The molecule has 1 aromatic rings. The van der Waals surface area contributed by atoms with Crippen LogP contribution in [0.15, 0.2) is 23.1 Å². The highest BCUT2D eigenvalue weighted by Gasteiger charge is 2.17. The van der Waals surface area contributed by atoms with Gasteiger partial charge in [0.05, 0.1) is 16.5 Å². The first kappa shape index (κ1) is 15.0. The Morgan fingerprint density at radius 2 is 2.30 bits per heavy atom. The van der Waals surface area contributed by atoms with Crippen molar-refractivity contribution in [3.63, 3.8) is 0 Å². The fraction of sp³-hybridized carbons (Fsp3) is 0.500. The van der Waals surface area contributed by atoms with Gasteiger partial charge in [-0.25, -0.2) is 13.1 Å². The van der Waals surface area contributed by atoms with Crippen molar-refractivity contribution in [2.45, 2.75) is 37.1 Å². The van der Waals surface area contributed by atoms with Crippen LogP contribution in [0.5, 0.6) is 0 Å². The van der Waals surface area contributed by atoms with Gasteiger partial charge in [0.25, 0.3) is 0 Å². The fourth-order valence-corrected chi connectivity index (χ4v) is 3.52. The van der Waals surface area contributed by atoms with Gasteiger partial charge >= 0.3 is 0 Å². The second-order valence-corrected chi connectivity index (χ2v) is 6.84. The molecule has 5 nitrogen and oxygen atoms in total. The van der Waals surface area contributed by atoms with Gasteiger partial charge in [-0.1, -0.05) is 0 Å². The summed E-state index contributed by atoms with van der Waals surface area (Å²) in [6.45, 7) is 3.19. The summed E-state index contributed by atoms with van der Waals surface area (Å²) in [4.78, 5) is 0.216. The van der Waals surface area contributed by atoms with Gasteiger partial charge in [-0.2, -0.15) is 5.26 Å². The monoisotopic (exact) mass is 293 g/mol. The molecule has 6 heteroatoms. The molecule has 0 unspecified atom stereocenters. The van der Waals surface area contributed by atoms with Crippen LogP contribution in [0, 0.1) is 18.3 Å². The Morgan fingerprint density at radius 1 is 1.50 bits per heavy atom. The summed E-state index contributed by atoms with van der Waals surface area (Å²) in [5, 5.41) is 12.2. The molecule has 1 aliphatic heterocycles. The molecule has 1 saturated heterocycles. The molecule has 2 rings (SSSR count). The van der Waals surface area contributed by atoms with Crippen LogP contribution in [0.1, 0.15) is 30.4 Å². The third kappa shape index (κ3) is 3.57. The molecule has 2 N–H and O–H groups in total. The lowest BCUT2D eigenvalue weighted by Gasteiger charge is -2.11. The maximum absolute atomic E-state index is 12.1. The van der Waals surface area contributed by atoms with Crippen LogP contribution < -0.4 is 10.0 Å². The second kappa shape index (κ2) is 6.35. The first-order chi connectivity index (χ1) is 9.53. The Balaban J connectivity index is 1.99. The summed E-state index contributed by atoms with van der Waals surface area (Å²) in [6.07, 6.45) is 3.07. The second-order valence-electron chi connectivity index (χ2n) is 5.07. The standard InChI is InChI=1S/C14H19N3O2S/c1-11-9-14(5-4-12(11)10-15)20(18,19)17-8-6-13-3-2-7-16-13/h4-5,9,13,16-17H,2-3,6-8H2,1H3/t13-/m0/s1. The van der Waals surface area contributed by atoms with E-state index in [4.69, 9.17) is 5.26 Å². The highest BCUT2D eigenvalue weighted by molar-refractivity contribution is 7.89. The third-order valence-electron chi connectivity index (χ3n) is 3.58. The average Bonchev–Trinajstić information content (AvgIpc) is 2.91. The number of sulfonamides is 1. The van der Waals surface area contributed by atoms with Crippen LogP contribution in [0.4, 0.5) is 0 Å². The topological polar surface area (TPSA) is 82.0 Å². The number of rotatable bonds is 5. The van der Waals surface area contributed by atoms with E-state index in [0.29, 0.717) is 23.7 Å². The zero-order valence-corrected chi connectivity index (χ0v) is 12.3. The van der Waals surface area contributed by atoms with E-state index in [0.717, 1.165) is 25.8 Å². The predicted octanol–water partition coefficient (Wildman–Crippen LogP) is 1.29. The Bertz CT molecular complexity index is 614. The quantitative estimate of drug-likeness (QED) is 0.857. The summed E-state index contributed by atoms with van der Waals surface area (Å²) < 4.78 is 26.9. The highest BCUT2D eigenvalue weighted by Crippen LogP contribution is 2.15. The number of nitrogens with one attached hydrogen (secondary N) is 2. The molecular weight excluding hydrogens is 274 g/mol. The first-order valence-electron chi connectivity index (χ1n) is 6.77. The SMILES string of the molecule is Cc1cc(S(=O)(=O)NCC[C@@H]2CCCN2)ccc1C#N. The van der Waals surface area contributed by atoms with Gasteiger partial charge in [0.15, 0.2) is 0 Å². The summed E-state index contributed by atoms with van der Waals surface area (Å²) in [6, 6.07) is 7.00. The smallest absolute Gasteiger partial charge is 0.240 e.